The molecule has 0 saturated heterocycles. The Balaban J connectivity index is 2.01. The Morgan fingerprint density at radius 3 is 2.61 bits per heavy atom. The van der Waals surface area contributed by atoms with Crippen LogP contribution in [0.25, 0.3) is 0 Å². The molecule has 1 unspecified atom stereocenters. The van der Waals surface area contributed by atoms with Crippen molar-refractivity contribution in [2.24, 2.45) is 0 Å². The minimum absolute atomic E-state index is 0.0312. The van der Waals surface area contributed by atoms with Gasteiger partial charge in [-0.15, -0.1) is 0 Å². The van der Waals surface area contributed by atoms with Crippen LogP contribution in [0.15, 0.2) is 48.5 Å². The average molecular weight is 262 g/mol. The van der Waals surface area contributed by atoms with Crippen LogP contribution in [0.1, 0.15) is 24.2 Å². The molecule has 0 radical (unpaired) electrons. The van der Waals surface area contributed by atoms with E-state index in [2.05, 4.69) is 0 Å². The molecule has 0 saturated carbocycles. The van der Waals surface area contributed by atoms with Crippen molar-refractivity contribution in [3.8, 4) is 0 Å². The van der Waals surface area contributed by atoms with E-state index in [0.717, 1.165) is 11.1 Å². The van der Waals surface area contributed by atoms with E-state index in [0.29, 0.717) is 17.3 Å². The Kier molecular flexibility index (Phi) is 4.24. The van der Waals surface area contributed by atoms with E-state index < -0.39 is 0 Å². The predicted octanol–water partition coefficient (Wildman–Crippen LogP) is 4.20. The van der Waals surface area contributed by atoms with Crippen molar-refractivity contribution in [2.75, 3.05) is 5.73 Å². The number of nitrogens with two attached hydrogens (primary N) is 1. The van der Waals surface area contributed by atoms with E-state index in [9.17, 15) is 0 Å². The molecule has 2 rings (SSSR count). The van der Waals surface area contributed by atoms with Crippen molar-refractivity contribution >= 4 is 17.3 Å². The van der Waals surface area contributed by atoms with Gasteiger partial charge in [0.2, 0.25) is 0 Å². The van der Waals surface area contributed by atoms with Gasteiger partial charge in [-0.2, -0.15) is 0 Å². The Morgan fingerprint density at radius 1 is 1.17 bits per heavy atom. The predicted molar refractivity (Wildman–Crippen MR) is 75.5 cm³/mol. The highest BCUT2D eigenvalue weighted by molar-refractivity contribution is 6.31. The largest absolute Gasteiger partial charge is 0.399 e. The summed E-state index contributed by atoms with van der Waals surface area (Å²) >= 11 is 6.09. The van der Waals surface area contributed by atoms with Gasteiger partial charge in [0.05, 0.1) is 12.7 Å². The molecule has 2 N–H and O–H groups in total. The number of hydrogen-bond donors (Lipinski definition) is 1. The van der Waals surface area contributed by atoms with Crippen LogP contribution in [0.2, 0.25) is 5.02 Å². The molecule has 0 amide bonds. The van der Waals surface area contributed by atoms with Gasteiger partial charge < -0.3 is 10.5 Å². The fourth-order valence-corrected chi connectivity index (χ4v) is 1.91. The van der Waals surface area contributed by atoms with Crippen LogP contribution in [-0.4, -0.2) is 0 Å². The maximum absolute atomic E-state index is 6.09. The van der Waals surface area contributed by atoms with Crippen molar-refractivity contribution in [3.05, 3.63) is 64.7 Å². The molecule has 3 heteroatoms. The zero-order valence-corrected chi connectivity index (χ0v) is 11.0. The molecule has 2 aromatic rings. The molecule has 1 atom stereocenters. The molecule has 0 aliphatic heterocycles. The quantitative estimate of drug-likeness (QED) is 0.837. The summed E-state index contributed by atoms with van der Waals surface area (Å²) in [5.41, 5.74) is 8.50. The average Bonchev–Trinajstić information content (AvgIpc) is 2.40. The lowest BCUT2D eigenvalue weighted by atomic mass is 10.1. The van der Waals surface area contributed by atoms with Gasteiger partial charge in [-0.25, -0.2) is 0 Å². The maximum Gasteiger partial charge on any atom is 0.0801 e. The molecule has 18 heavy (non-hydrogen) atoms. The maximum atomic E-state index is 6.09. The van der Waals surface area contributed by atoms with Crippen LogP contribution >= 0.6 is 11.6 Å². The SMILES string of the molecule is CC(OCc1cc(N)ccc1Cl)c1ccccc1. The summed E-state index contributed by atoms with van der Waals surface area (Å²) in [7, 11) is 0. The highest BCUT2D eigenvalue weighted by Crippen LogP contribution is 2.23. The zero-order chi connectivity index (χ0) is 13.0. The highest BCUT2D eigenvalue weighted by Gasteiger charge is 2.07. The van der Waals surface area contributed by atoms with Gasteiger partial charge in [-0.3, -0.25) is 0 Å². The molecule has 0 fully saturated rings. The molecule has 94 valence electrons. The third-order valence-electron chi connectivity index (χ3n) is 2.83. The van der Waals surface area contributed by atoms with E-state index in [-0.39, 0.29) is 6.10 Å². The fourth-order valence-electron chi connectivity index (χ4n) is 1.74. The second-order valence-electron chi connectivity index (χ2n) is 4.21. The Labute approximate surface area is 112 Å². The van der Waals surface area contributed by atoms with Crippen molar-refractivity contribution in [2.45, 2.75) is 19.6 Å². The van der Waals surface area contributed by atoms with Crippen LogP contribution in [-0.2, 0) is 11.3 Å². The fraction of sp³-hybridized carbons (Fsp3) is 0.200. The molecule has 2 nitrogen and oxygen atoms in total. The van der Waals surface area contributed by atoms with E-state index in [4.69, 9.17) is 22.1 Å². The second kappa shape index (κ2) is 5.89. The number of hydrogen-bond acceptors (Lipinski definition) is 2. The first-order valence-electron chi connectivity index (χ1n) is 5.87. The minimum Gasteiger partial charge on any atom is -0.399 e. The molecule has 0 bridgehead atoms. The number of rotatable bonds is 4. The Bertz CT molecular complexity index is 513. The van der Waals surface area contributed by atoms with Crippen molar-refractivity contribution in [3.63, 3.8) is 0 Å². The first-order chi connectivity index (χ1) is 8.66. The molecule has 0 aliphatic carbocycles. The summed E-state index contributed by atoms with van der Waals surface area (Å²) in [5.74, 6) is 0. The molecule has 0 aliphatic rings. The van der Waals surface area contributed by atoms with Crippen molar-refractivity contribution in [1.82, 2.24) is 0 Å². The lowest BCUT2D eigenvalue weighted by molar-refractivity contribution is 0.0526. The van der Waals surface area contributed by atoms with Gasteiger partial charge in [-0.05, 0) is 36.2 Å². The van der Waals surface area contributed by atoms with Gasteiger partial charge in [0.25, 0.3) is 0 Å². The van der Waals surface area contributed by atoms with Gasteiger partial charge >= 0.3 is 0 Å². The van der Waals surface area contributed by atoms with E-state index in [1.165, 1.54) is 0 Å². The number of ether oxygens (including phenoxy) is 1. The Morgan fingerprint density at radius 2 is 1.89 bits per heavy atom. The summed E-state index contributed by atoms with van der Waals surface area (Å²) in [4.78, 5) is 0. The third-order valence-corrected chi connectivity index (χ3v) is 3.20. The molecule has 0 aromatic heterocycles. The molecular weight excluding hydrogens is 246 g/mol. The number of halogens is 1. The van der Waals surface area contributed by atoms with E-state index in [1.54, 1.807) is 12.1 Å². The topological polar surface area (TPSA) is 35.2 Å². The first kappa shape index (κ1) is 12.9. The monoisotopic (exact) mass is 261 g/mol. The van der Waals surface area contributed by atoms with Gasteiger partial charge in [0.1, 0.15) is 0 Å². The summed E-state index contributed by atoms with van der Waals surface area (Å²) in [5, 5.41) is 0.685. The summed E-state index contributed by atoms with van der Waals surface area (Å²) in [6.45, 7) is 2.48. The standard InChI is InChI=1S/C15H16ClNO/c1-11(12-5-3-2-4-6-12)18-10-13-9-14(17)7-8-15(13)16/h2-9,11H,10,17H2,1H3. The summed E-state index contributed by atoms with van der Waals surface area (Å²) in [6, 6.07) is 15.5. The Hall–Kier alpha value is -1.51. The smallest absolute Gasteiger partial charge is 0.0801 e. The van der Waals surface area contributed by atoms with Crippen LogP contribution in [0.3, 0.4) is 0 Å². The molecular formula is C15H16ClNO. The second-order valence-corrected chi connectivity index (χ2v) is 4.62. The van der Waals surface area contributed by atoms with Crippen LogP contribution in [0.5, 0.6) is 0 Å². The zero-order valence-electron chi connectivity index (χ0n) is 10.3. The van der Waals surface area contributed by atoms with Crippen LogP contribution in [0.4, 0.5) is 5.69 Å². The van der Waals surface area contributed by atoms with Crippen molar-refractivity contribution < 1.29 is 4.74 Å². The molecule has 0 spiro atoms. The highest BCUT2D eigenvalue weighted by atomic mass is 35.5. The van der Waals surface area contributed by atoms with Crippen LogP contribution in [0, 0.1) is 0 Å². The van der Waals surface area contributed by atoms with Gasteiger partial charge in [0.15, 0.2) is 0 Å². The summed E-state index contributed by atoms with van der Waals surface area (Å²) < 4.78 is 5.81. The number of anilines is 1. The first-order valence-corrected chi connectivity index (χ1v) is 6.25. The summed E-state index contributed by atoms with van der Waals surface area (Å²) in [6.07, 6.45) is 0.0312. The van der Waals surface area contributed by atoms with E-state index >= 15 is 0 Å². The van der Waals surface area contributed by atoms with E-state index in [1.807, 2.05) is 43.3 Å². The number of nitrogen functional groups attached to an aromatic ring is 1. The van der Waals surface area contributed by atoms with Crippen molar-refractivity contribution in [1.29, 1.82) is 0 Å². The van der Waals surface area contributed by atoms with Gasteiger partial charge in [-0.1, -0.05) is 41.9 Å². The lowest BCUT2D eigenvalue weighted by Crippen LogP contribution is -2.01. The molecule has 2 aromatic carbocycles. The minimum atomic E-state index is 0.0312. The van der Waals surface area contributed by atoms with Gasteiger partial charge in [0, 0.05) is 10.7 Å². The molecule has 0 heterocycles. The third kappa shape index (κ3) is 3.25. The number of benzene rings is 2. The van der Waals surface area contributed by atoms with Crippen LogP contribution < -0.4 is 5.73 Å². The lowest BCUT2D eigenvalue weighted by Gasteiger charge is -2.14. The normalized spacial score (nSPS) is 12.3.